The lowest BCUT2D eigenvalue weighted by molar-refractivity contribution is -0.112. The van der Waals surface area contributed by atoms with Crippen molar-refractivity contribution < 1.29 is 4.79 Å². The number of fused-ring (bicyclic) bond motifs is 3. The number of benzene rings is 1. The molecule has 0 aromatic heterocycles. The number of hydrogen-bond donors (Lipinski definition) is 0. The van der Waals surface area contributed by atoms with Crippen molar-refractivity contribution in [2.75, 3.05) is 6.54 Å². The minimum absolute atomic E-state index is 0.0377. The van der Waals surface area contributed by atoms with E-state index in [4.69, 9.17) is 0 Å². The first-order chi connectivity index (χ1) is 7.34. The van der Waals surface area contributed by atoms with E-state index in [1.54, 1.807) is 12.3 Å². The normalized spacial score (nSPS) is 16.4. The standard InChI is InChI=1S/C10H6N4O/c15-7-3-6-1-2-9-8(5-12-13-9)10(6)14-11-4-7/h1-3,5H,4H2. The number of hydrogen-bond acceptors (Lipinski definition) is 5. The Morgan fingerprint density at radius 1 is 1.27 bits per heavy atom. The van der Waals surface area contributed by atoms with Crippen LogP contribution in [0.4, 0.5) is 5.69 Å². The summed E-state index contributed by atoms with van der Waals surface area (Å²) in [5.74, 6) is -0.0377. The van der Waals surface area contributed by atoms with E-state index >= 15 is 0 Å². The molecule has 2 heterocycles. The summed E-state index contributed by atoms with van der Waals surface area (Å²) in [6.07, 6.45) is 3.19. The van der Waals surface area contributed by atoms with Crippen molar-refractivity contribution in [2.24, 2.45) is 20.4 Å². The second kappa shape index (κ2) is 2.91. The maximum absolute atomic E-state index is 11.3. The Morgan fingerprint density at radius 3 is 3.13 bits per heavy atom. The van der Waals surface area contributed by atoms with Gasteiger partial charge in [-0.2, -0.15) is 20.4 Å². The predicted octanol–water partition coefficient (Wildman–Crippen LogP) is 0.101. The molecule has 72 valence electrons. The Labute approximate surface area is 84.6 Å². The Balaban J connectivity index is 2.44. The highest BCUT2D eigenvalue weighted by Gasteiger charge is 2.11. The summed E-state index contributed by atoms with van der Waals surface area (Å²) in [4.78, 5) is 11.3. The average molecular weight is 198 g/mol. The smallest absolute Gasteiger partial charge is 0.179 e. The van der Waals surface area contributed by atoms with E-state index in [-0.39, 0.29) is 12.3 Å². The van der Waals surface area contributed by atoms with E-state index in [0.29, 0.717) is 5.69 Å². The summed E-state index contributed by atoms with van der Waals surface area (Å²) < 4.78 is 0. The first kappa shape index (κ1) is 8.16. The van der Waals surface area contributed by atoms with Crippen LogP contribution in [0.15, 0.2) is 32.6 Å². The fraction of sp³-hybridized carbons (Fsp3) is 0.100. The quantitative estimate of drug-likeness (QED) is 0.583. The lowest BCUT2D eigenvalue weighted by Gasteiger charge is -1.95. The van der Waals surface area contributed by atoms with Crippen molar-refractivity contribution >= 4 is 23.8 Å². The van der Waals surface area contributed by atoms with Gasteiger partial charge < -0.3 is 0 Å². The van der Waals surface area contributed by atoms with Gasteiger partial charge in [0.05, 0.1) is 17.1 Å². The van der Waals surface area contributed by atoms with Gasteiger partial charge in [-0.05, 0) is 12.1 Å². The van der Waals surface area contributed by atoms with E-state index in [1.165, 1.54) is 0 Å². The van der Waals surface area contributed by atoms with Crippen molar-refractivity contribution in [3.05, 3.63) is 28.3 Å². The summed E-state index contributed by atoms with van der Waals surface area (Å²) in [6, 6.07) is 3.64. The van der Waals surface area contributed by atoms with Gasteiger partial charge in [-0.3, -0.25) is 4.79 Å². The first-order valence-electron chi connectivity index (χ1n) is 4.51. The molecule has 0 atom stereocenters. The third-order valence-electron chi connectivity index (χ3n) is 2.29. The molecular formula is C10H6N4O. The van der Waals surface area contributed by atoms with Gasteiger partial charge in [0.15, 0.2) is 5.78 Å². The fourth-order valence-corrected chi connectivity index (χ4v) is 1.60. The fourth-order valence-electron chi connectivity index (χ4n) is 1.60. The number of carbonyl (C=O) groups is 1. The summed E-state index contributed by atoms with van der Waals surface area (Å²) in [5, 5.41) is 17.1. The highest BCUT2D eigenvalue weighted by Crippen LogP contribution is 2.12. The van der Waals surface area contributed by atoms with Crippen molar-refractivity contribution in [3.63, 3.8) is 0 Å². The van der Waals surface area contributed by atoms with Gasteiger partial charge in [-0.1, -0.05) is 6.07 Å². The lowest BCUT2D eigenvalue weighted by atomic mass is 10.1. The molecule has 0 unspecified atom stereocenters. The third-order valence-corrected chi connectivity index (χ3v) is 2.29. The van der Waals surface area contributed by atoms with E-state index in [9.17, 15) is 4.79 Å². The van der Waals surface area contributed by atoms with Gasteiger partial charge in [-0.15, -0.1) is 0 Å². The second-order valence-corrected chi connectivity index (χ2v) is 3.29. The van der Waals surface area contributed by atoms with Crippen LogP contribution < -0.4 is 10.6 Å². The van der Waals surface area contributed by atoms with Crippen LogP contribution in [0, 0.1) is 0 Å². The maximum atomic E-state index is 11.3. The molecule has 1 aromatic carbocycles. The largest absolute Gasteiger partial charge is 0.293 e. The molecule has 5 heteroatoms. The summed E-state index contributed by atoms with van der Waals surface area (Å²) >= 11 is 0. The molecular weight excluding hydrogens is 192 g/mol. The number of ketones is 1. The van der Waals surface area contributed by atoms with Gasteiger partial charge in [0.1, 0.15) is 12.2 Å². The molecule has 0 saturated heterocycles. The van der Waals surface area contributed by atoms with Crippen LogP contribution >= 0.6 is 0 Å². The summed E-state index contributed by atoms with van der Waals surface area (Å²) in [7, 11) is 0. The Kier molecular flexibility index (Phi) is 1.58. The molecule has 1 aromatic rings. The minimum Gasteiger partial charge on any atom is -0.293 e. The van der Waals surface area contributed by atoms with Gasteiger partial charge in [0.2, 0.25) is 0 Å². The van der Waals surface area contributed by atoms with Crippen LogP contribution in [-0.4, -0.2) is 18.5 Å². The van der Waals surface area contributed by atoms with Gasteiger partial charge in [-0.25, -0.2) is 0 Å². The Bertz CT molecular complexity index is 628. The zero-order valence-electron chi connectivity index (χ0n) is 7.71. The van der Waals surface area contributed by atoms with E-state index in [2.05, 4.69) is 20.4 Å². The highest BCUT2D eigenvalue weighted by atomic mass is 16.1. The second-order valence-electron chi connectivity index (χ2n) is 3.29. The minimum atomic E-state index is -0.0377. The molecule has 0 radical (unpaired) electrons. The summed E-state index contributed by atoms with van der Waals surface area (Å²) in [5.41, 5.74) is 1.52. The van der Waals surface area contributed by atoms with Gasteiger partial charge >= 0.3 is 0 Å². The molecule has 2 aliphatic rings. The zero-order valence-corrected chi connectivity index (χ0v) is 7.71. The number of Topliss-reactive ketones (excluding diaryl/α,β-unsaturated/α-hetero) is 1. The van der Waals surface area contributed by atoms with Crippen LogP contribution in [-0.2, 0) is 4.79 Å². The third kappa shape index (κ3) is 1.20. The predicted molar refractivity (Wildman–Crippen MR) is 53.7 cm³/mol. The summed E-state index contributed by atoms with van der Waals surface area (Å²) in [6.45, 7) is 0.109. The highest BCUT2D eigenvalue weighted by molar-refractivity contribution is 6.08. The molecule has 15 heavy (non-hydrogen) atoms. The van der Waals surface area contributed by atoms with Crippen molar-refractivity contribution in [1.82, 2.24) is 0 Å². The van der Waals surface area contributed by atoms with Crippen LogP contribution in [0.25, 0.3) is 6.08 Å². The topological polar surface area (TPSA) is 66.5 Å². The number of carbonyl (C=O) groups excluding carboxylic acids is 1. The lowest BCUT2D eigenvalue weighted by Crippen LogP contribution is -2.14. The van der Waals surface area contributed by atoms with Crippen molar-refractivity contribution in [1.29, 1.82) is 0 Å². The van der Waals surface area contributed by atoms with Crippen LogP contribution in [0.5, 0.6) is 0 Å². The molecule has 0 aliphatic carbocycles. The van der Waals surface area contributed by atoms with E-state index < -0.39 is 0 Å². The molecule has 0 N–H and O–H groups in total. The Morgan fingerprint density at radius 2 is 2.20 bits per heavy atom. The van der Waals surface area contributed by atoms with Crippen LogP contribution in [0.3, 0.4) is 0 Å². The van der Waals surface area contributed by atoms with Crippen molar-refractivity contribution in [3.8, 4) is 0 Å². The van der Waals surface area contributed by atoms with Crippen molar-refractivity contribution in [2.45, 2.75) is 0 Å². The number of rotatable bonds is 0. The molecule has 0 saturated carbocycles. The van der Waals surface area contributed by atoms with E-state index in [0.717, 1.165) is 16.1 Å². The van der Waals surface area contributed by atoms with Crippen LogP contribution in [0.1, 0.15) is 5.56 Å². The monoisotopic (exact) mass is 198 g/mol. The maximum Gasteiger partial charge on any atom is 0.179 e. The number of nitrogens with zero attached hydrogens (tertiary/aromatic N) is 4. The first-order valence-corrected chi connectivity index (χ1v) is 4.51. The SMILES string of the molecule is O=C1C=c2ccc3c(c2N=NC1)C=NN=3. The molecule has 5 nitrogen and oxygen atoms in total. The molecule has 0 bridgehead atoms. The number of azo groups is 1. The van der Waals surface area contributed by atoms with Gasteiger partial charge in [0, 0.05) is 5.22 Å². The van der Waals surface area contributed by atoms with Gasteiger partial charge in [0.25, 0.3) is 0 Å². The van der Waals surface area contributed by atoms with E-state index in [1.807, 2.05) is 12.1 Å². The average Bonchev–Trinajstić information content (AvgIpc) is 2.61. The molecule has 0 fully saturated rings. The molecule has 0 amide bonds. The van der Waals surface area contributed by atoms with Crippen LogP contribution in [0.2, 0.25) is 0 Å². The Hall–Kier alpha value is -2.17. The molecule has 0 spiro atoms. The molecule has 2 aliphatic heterocycles. The zero-order chi connectivity index (χ0) is 10.3. The molecule has 3 rings (SSSR count).